The molecule has 0 radical (unpaired) electrons. The fourth-order valence-electron chi connectivity index (χ4n) is 4.16. The van der Waals surface area contributed by atoms with Crippen molar-refractivity contribution >= 4 is 28.8 Å². The van der Waals surface area contributed by atoms with Crippen LogP contribution in [0.4, 0.5) is 5.69 Å². The summed E-state index contributed by atoms with van der Waals surface area (Å²) >= 11 is 1.58. The van der Waals surface area contributed by atoms with E-state index in [0.29, 0.717) is 39.4 Å². The van der Waals surface area contributed by atoms with Gasteiger partial charge in [0, 0.05) is 55.3 Å². The minimum absolute atomic E-state index is 0.121. The first-order valence-corrected chi connectivity index (χ1v) is 13.1. The molecule has 0 unspecified atom stereocenters. The van der Waals surface area contributed by atoms with Crippen LogP contribution in [-0.4, -0.2) is 77.4 Å². The summed E-state index contributed by atoms with van der Waals surface area (Å²) in [5, 5.41) is 13.2. The van der Waals surface area contributed by atoms with Gasteiger partial charge in [0.05, 0.1) is 24.7 Å². The van der Waals surface area contributed by atoms with Gasteiger partial charge >= 0.3 is 0 Å². The number of non-ortho nitro benzene ring substituents is 1. The summed E-state index contributed by atoms with van der Waals surface area (Å²) in [7, 11) is 0. The molecular formula is C27H30N4O5S. The van der Waals surface area contributed by atoms with Gasteiger partial charge in [-0.3, -0.25) is 24.6 Å². The lowest BCUT2D eigenvalue weighted by Gasteiger charge is -2.31. The van der Waals surface area contributed by atoms with Crippen molar-refractivity contribution in [2.45, 2.75) is 13.1 Å². The summed E-state index contributed by atoms with van der Waals surface area (Å²) < 4.78 is 5.42. The van der Waals surface area contributed by atoms with Crippen LogP contribution in [-0.2, 0) is 22.6 Å². The Morgan fingerprint density at radius 3 is 2.46 bits per heavy atom. The van der Waals surface area contributed by atoms with E-state index < -0.39 is 10.8 Å². The topological polar surface area (TPSA) is 96.2 Å². The molecule has 1 fully saturated rings. The predicted octanol–water partition coefficient (Wildman–Crippen LogP) is 3.66. The fourth-order valence-corrected chi connectivity index (χ4v) is 4.88. The fraction of sp³-hybridized carbons (Fsp3) is 0.333. The first kappa shape index (κ1) is 26.5. The van der Waals surface area contributed by atoms with Crippen LogP contribution in [0.25, 0.3) is 0 Å². The third kappa shape index (κ3) is 7.69. The highest BCUT2D eigenvalue weighted by Crippen LogP contribution is 2.18. The van der Waals surface area contributed by atoms with E-state index >= 15 is 0 Å². The predicted molar refractivity (Wildman–Crippen MR) is 141 cm³/mol. The van der Waals surface area contributed by atoms with E-state index in [1.165, 1.54) is 23.1 Å². The molecule has 2 aromatic carbocycles. The van der Waals surface area contributed by atoms with Crippen molar-refractivity contribution in [3.05, 3.63) is 98.2 Å². The second kappa shape index (κ2) is 13.1. The van der Waals surface area contributed by atoms with Crippen LogP contribution in [0, 0.1) is 10.1 Å². The molecular weight excluding hydrogens is 492 g/mol. The van der Waals surface area contributed by atoms with E-state index in [1.54, 1.807) is 22.3 Å². The number of carbonyl (C=O) groups is 2. The zero-order valence-corrected chi connectivity index (χ0v) is 21.3. The second-order valence-corrected chi connectivity index (χ2v) is 9.84. The van der Waals surface area contributed by atoms with Gasteiger partial charge in [-0.2, -0.15) is 0 Å². The summed E-state index contributed by atoms with van der Waals surface area (Å²) in [6, 6.07) is 19.3. The Labute approximate surface area is 220 Å². The average molecular weight is 523 g/mol. The quantitative estimate of drug-likeness (QED) is 0.282. The molecule has 0 atom stereocenters. The summed E-state index contributed by atoms with van der Waals surface area (Å²) in [6.07, 6.45) is 0. The first-order chi connectivity index (χ1) is 18.0. The second-order valence-electron chi connectivity index (χ2n) is 8.80. The van der Waals surface area contributed by atoms with Gasteiger partial charge in [0.1, 0.15) is 6.54 Å². The number of nitrogens with zero attached hydrogens (tertiary/aromatic N) is 4. The maximum atomic E-state index is 13.6. The number of benzene rings is 2. The average Bonchev–Trinajstić information content (AvgIpc) is 3.44. The Kier molecular flexibility index (Phi) is 9.36. The number of thiophene rings is 1. The van der Waals surface area contributed by atoms with Gasteiger partial charge in [-0.15, -0.1) is 11.3 Å². The number of carbonyl (C=O) groups excluding carboxylic acids is 2. The van der Waals surface area contributed by atoms with Crippen molar-refractivity contribution in [2.24, 2.45) is 0 Å². The van der Waals surface area contributed by atoms with Crippen LogP contribution in [0.1, 0.15) is 20.8 Å². The number of amides is 2. The molecule has 37 heavy (non-hydrogen) atoms. The monoisotopic (exact) mass is 522 g/mol. The van der Waals surface area contributed by atoms with Crippen LogP contribution >= 0.6 is 11.3 Å². The molecule has 194 valence electrons. The van der Waals surface area contributed by atoms with Crippen LogP contribution in [0.3, 0.4) is 0 Å². The molecule has 10 heteroatoms. The maximum absolute atomic E-state index is 13.6. The molecule has 1 aliphatic rings. The summed E-state index contributed by atoms with van der Waals surface area (Å²) in [4.78, 5) is 44.4. The van der Waals surface area contributed by atoms with Crippen LogP contribution < -0.4 is 0 Å². The Morgan fingerprint density at radius 1 is 0.973 bits per heavy atom. The molecule has 1 aromatic heterocycles. The maximum Gasteiger partial charge on any atom is 0.270 e. The van der Waals surface area contributed by atoms with Gasteiger partial charge in [-0.25, -0.2) is 0 Å². The Morgan fingerprint density at radius 2 is 1.76 bits per heavy atom. The SMILES string of the molecule is O=C(CN(CCN1CCOCC1)C(=O)c1cccc([N+](=O)[O-])c1)N(Cc1ccccc1)Cc1cccs1. The smallest absolute Gasteiger partial charge is 0.270 e. The number of morpholine rings is 1. The molecule has 2 heterocycles. The van der Waals surface area contributed by atoms with E-state index in [1.807, 2.05) is 47.8 Å². The molecule has 0 aliphatic carbocycles. The highest BCUT2D eigenvalue weighted by Gasteiger charge is 2.25. The molecule has 9 nitrogen and oxygen atoms in total. The van der Waals surface area contributed by atoms with E-state index in [0.717, 1.165) is 23.5 Å². The minimum atomic E-state index is -0.525. The number of nitro groups is 1. The summed E-state index contributed by atoms with van der Waals surface area (Å²) in [6.45, 7) is 4.41. The zero-order valence-electron chi connectivity index (χ0n) is 20.5. The number of rotatable bonds is 11. The number of hydrogen-bond donors (Lipinski definition) is 0. The van der Waals surface area contributed by atoms with Crippen molar-refractivity contribution in [3.8, 4) is 0 Å². The highest BCUT2D eigenvalue weighted by molar-refractivity contribution is 7.09. The van der Waals surface area contributed by atoms with Gasteiger partial charge in [-0.1, -0.05) is 42.5 Å². The van der Waals surface area contributed by atoms with Crippen molar-refractivity contribution in [1.29, 1.82) is 0 Å². The molecule has 3 aromatic rings. The van der Waals surface area contributed by atoms with E-state index in [-0.39, 0.29) is 23.7 Å². The number of hydrogen-bond acceptors (Lipinski definition) is 7. The standard InChI is InChI=1S/C27H30N4O5S/c32-26(30(20-25-10-5-17-37-25)19-22-6-2-1-3-7-22)21-29(12-11-28-13-15-36-16-14-28)27(33)23-8-4-9-24(18-23)31(34)35/h1-10,17-18H,11-16,19-21H2. The molecule has 1 aliphatic heterocycles. The third-order valence-corrected chi connectivity index (χ3v) is 7.06. The van der Waals surface area contributed by atoms with E-state index in [9.17, 15) is 19.7 Å². The van der Waals surface area contributed by atoms with E-state index in [2.05, 4.69) is 4.90 Å². The number of ether oxygens (including phenoxy) is 1. The number of nitro benzene ring substituents is 1. The summed E-state index contributed by atoms with van der Waals surface area (Å²) in [5.41, 5.74) is 1.03. The third-order valence-electron chi connectivity index (χ3n) is 6.20. The molecule has 4 rings (SSSR count). The molecule has 0 spiro atoms. The van der Waals surface area contributed by atoms with E-state index in [4.69, 9.17) is 4.74 Å². The summed E-state index contributed by atoms with van der Waals surface area (Å²) in [5.74, 6) is -0.584. The van der Waals surface area contributed by atoms with Crippen molar-refractivity contribution in [2.75, 3.05) is 45.9 Å². The van der Waals surface area contributed by atoms with Crippen molar-refractivity contribution in [1.82, 2.24) is 14.7 Å². The van der Waals surface area contributed by atoms with Gasteiger partial charge in [0.15, 0.2) is 0 Å². The largest absolute Gasteiger partial charge is 0.379 e. The lowest BCUT2D eigenvalue weighted by atomic mass is 10.1. The Hall–Kier alpha value is -3.60. The van der Waals surface area contributed by atoms with Crippen molar-refractivity contribution in [3.63, 3.8) is 0 Å². The first-order valence-electron chi connectivity index (χ1n) is 12.2. The van der Waals surface area contributed by atoms with Gasteiger partial charge in [0.2, 0.25) is 5.91 Å². The van der Waals surface area contributed by atoms with Crippen LogP contribution in [0.15, 0.2) is 72.1 Å². The molecule has 0 bridgehead atoms. The normalized spacial score (nSPS) is 13.7. The highest BCUT2D eigenvalue weighted by atomic mass is 32.1. The van der Waals surface area contributed by atoms with Gasteiger partial charge in [-0.05, 0) is 23.1 Å². The van der Waals surface area contributed by atoms with Crippen LogP contribution in [0.5, 0.6) is 0 Å². The Balaban J connectivity index is 1.54. The molecule has 2 amide bonds. The van der Waals surface area contributed by atoms with Gasteiger partial charge in [0.25, 0.3) is 11.6 Å². The zero-order chi connectivity index (χ0) is 26.0. The molecule has 0 saturated carbocycles. The van der Waals surface area contributed by atoms with Gasteiger partial charge < -0.3 is 14.5 Å². The lowest BCUT2D eigenvalue weighted by molar-refractivity contribution is -0.384. The molecule has 0 N–H and O–H groups in total. The van der Waals surface area contributed by atoms with Crippen LogP contribution in [0.2, 0.25) is 0 Å². The Bertz CT molecular complexity index is 1180. The minimum Gasteiger partial charge on any atom is -0.379 e. The van der Waals surface area contributed by atoms with Crippen molar-refractivity contribution < 1.29 is 19.2 Å². The lowest BCUT2D eigenvalue weighted by Crippen LogP contribution is -2.47. The molecule has 1 saturated heterocycles.